The summed E-state index contributed by atoms with van der Waals surface area (Å²) in [6, 6.07) is -4.33. The number of rotatable bonds is 13. The maximum Gasteiger partial charge on any atom is 0.326 e. The summed E-state index contributed by atoms with van der Waals surface area (Å²) in [5.74, 6) is -3.95. The van der Waals surface area contributed by atoms with Crippen LogP contribution in [0.1, 0.15) is 61.3 Å². The van der Waals surface area contributed by atoms with Crippen LogP contribution in [0.15, 0.2) is 0 Å². The van der Waals surface area contributed by atoms with E-state index in [1.807, 2.05) is 13.8 Å². The number of hydrogen-bond donors (Lipinski definition) is 6. The van der Waals surface area contributed by atoms with Gasteiger partial charge in [-0.15, -0.1) is 0 Å². The van der Waals surface area contributed by atoms with E-state index >= 15 is 0 Å². The van der Waals surface area contributed by atoms with Crippen LogP contribution in [-0.4, -0.2) is 64.2 Å². The van der Waals surface area contributed by atoms with Crippen molar-refractivity contribution in [3.63, 3.8) is 0 Å². The van der Waals surface area contributed by atoms with E-state index < -0.39 is 54.0 Å². The molecule has 7 unspecified atom stereocenters. The summed E-state index contributed by atoms with van der Waals surface area (Å²) in [7, 11) is 0. The molecule has 0 aliphatic rings. The van der Waals surface area contributed by atoms with Gasteiger partial charge in [-0.25, -0.2) is 4.79 Å². The molecule has 0 saturated carbocycles. The average molecular weight is 445 g/mol. The van der Waals surface area contributed by atoms with Crippen molar-refractivity contribution in [1.82, 2.24) is 16.0 Å². The summed E-state index contributed by atoms with van der Waals surface area (Å²) in [4.78, 5) is 49.5. The molecule has 7 atom stereocenters. The molecule has 0 rings (SSSR count). The van der Waals surface area contributed by atoms with E-state index in [-0.39, 0.29) is 17.8 Å². The first-order chi connectivity index (χ1) is 14.3. The third-order valence-corrected chi connectivity index (χ3v) is 5.65. The number of hydrogen-bond acceptors (Lipinski definition) is 6. The van der Waals surface area contributed by atoms with Crippen LogP contribution in [0.5, 0.6) is 0 Å². The third-order valence-electron chi connectivity index (χ3n) is 5.65. The number of aliphatic hydroxyl groups is 1. The second-order valence-electron chi connectivity index (χ2n) is 8.58. The molecule has 0 heterocycles. The minimum atomic E-state index is -1.32. The van der Waals surface area contributed by atoms with Gasteiger partial charge in [-0.1, -0.05) is 54.4 Å². The van der Waals surface area contributed by atoms with Crippen molar-refractivity contribution in [2.45, 2.75) is 91.6 Å². The summed E-state index contributed by atoms with van der Waals surface area (Å²) in [5, 5.41) is 26.9. The number of aliphatic hydroxyl groups excluding tert-OH is 1. The van der Waals surface area contributed by atoms with Crippen molar-refractivity contribution >= 4 is 23.7 Å². The molecule has 0 aromatic carbocycles. The minimum absolute atomic E-state index is 0.125. The molecule has 0 aromatic heterocycles. The third kappa shape index (κ3) is 8.82. The van der Waals surface area contributed by atoms with Gasteiger partial charge in [-0.2, -0.15) is 0 Å². The maximum absolute atomic E-state index is 12.8. The number of nitrogens with two attached hydrogens (primary N) is 1. The Morgan fingerprint density at radius 2 is 1.16 bits per heavy atom. The minimum Gasteiger partial charge on any atom is -0.480 e. The van der Waals surface area contributed by atoms with Crippen molar-refractivity contribution < 1.29 is 29.4 Å². The molecule has 0 fully saturated rings. The van der Waals surface area contributed by atoms with Gasteiger partial charge >= 0.3 is 5.97 Å². The fourth-order valence-corrected chi connectivity index (χ4v) is 2.87. The van der Waals surface area contributed by atoms with Crippen LogP contribution in [0, 0.1) is 17.8 Å². The van der Waals surface area contributed by atoms with Crippen LogP contribution in [0.3, 0.4) is 0 Å². The number of nitrogens with one attached hydrogen (secondary N) is 3. The van der Waals surface area contributed by atoms with Crippen LogP contribution in [0.2, 0.25) is 0 Å². The number of aliphatic carboxylic acids is 1. The summed E-state index contributed by atoms with van der Waals surface area (Å²) < 4.78 is 0. The molecule has 0 spiro atoms. The SMILES string of the molecule is CCC(C)C(N)C(=O)NC(C(=O)NC(C(=O)NC(C(=O)O)C(C)C)C(C)CC)C(C)O. The zero-order valence-corrected chi connectivity index (χ0v) is 19.6. The molecule has 0 aromatic rings. The highest BCUT2D eigenvalue weighted by atomic mass is 16.4. The van der Waals surface area contributed by atoms with Gasteiger partial charge in [0.2, 0.25) is 17.7 Å². The van der Waals surface area contributed by atoms with Gasteiger partial charge in [0.05, 0.1) is 12.1 Å². The van der Waals surface area contributed by atoms with E-state index in [9.17, 15) is 29.4 Å². The van der Waals surface area contributed by atoms with E-state index in [4.69, 9.17) is 5.73 Å². The van der Waals surface area contributed by atoms with Gasteiger partial charge in [0.15, 0.2) is 0 Å². The number of carbonyl (C=O) groups is 4. The number of carboxylic acid groups (broad SMARTS) is 1. The fourth-order valence-electron chi connectivity index (χ4n) is 2.87. The highest BCUT2D eigenvalue weighted by molar-refractivity contribution is 5.94. The lowest BCUT2D eigenvalue weighted by molar-refractivity contribution is -0.144. The first-order valence-electron chi connectivity index (χ1n) is 10.9. The van der Waals surface area contributed by atoms with Crippen LogP contribution >= 0.6 is 0 Å². The normalized spacial score (nSPS) is 18.1. The van der Waals surface area contributed by atoms with Gasteiger partial charge in [-0.3, -0.25) is 14.4 Å². The number of amides is 3. The molecule has 0 bridgehead atoms. The summed E-state index contributed by atoms with van der Waals surface area (Å²) in [6.07, 6.45) is -0.0459. The Morgan fingerprint density at radius 1 is 0.742 bits per heavy atom. The highest BCUT2D eigenvalue weighted by Gasteiger charge is 2.35. The summed E-state index contributed by atoms with van der Waals surface area (Å²) >= 11 is 0. The van der Waals surface area contributed by atoms with Crippen molar-refractivity contribution in [2.24, 2.45) is 23.5 Å². The molecule has 3 amide bonds. The zero-order valence-electron chi connectivity index (χ0n) is 19.6. The maximum atomic E-state index is 12.8. The Kier molecular flexibility index (Phi) is 12.3. The van der Waals surface area contributed by atoms with E-state index in [1.165, 1.54) is 6.92 Å². The second kappa shape index (κ2) is 13.3. The summed E-state index contributed by atoms with van der Waals surface area (Å²) in [5.41, 5.74) is 5.91. The average Bonchev–Trinajstić information content (AvgIpc) is 2.70. The topological polar surface area (TPSA) is 171 Å². The molecule has 10 heteroatoms. The van der Waals surface area contributed by atoms with Gasteiger partial charge in [0, 0.05) is 0 Å². The second-order valence-corrected chi connectivity index (χ2v) is 8.58. The first-order valence-corrected chi connectivity index (χ1v) is 10.9. The van der Waals surface area contributed by atoms with Crippen LogP contribution in [0.4, 0.5) is 0 Å². The highest BCUT2D eigenvalue weighted by Crippen LogP contribution is 2.12. The first kappa shape index (κ1) is 28.8. The Bertz CT molecular complexity index is 625. The zero-order chi connectivity index (χ0) is 24.5. The van der Waals surface area contributed by atoms with E-state index in [2.05, 4.69) is 16.0 Å². The van der Waals surface area contributed by atoms with Crippen LogP contribution < -0.4 is 21.7 Å². The fraction of sp³-hybridized carbons (Fsp3) is 0.810. The Labute approximate surface area is 184 Å². The molecule has 7 N–H and O–H groups in total. The predicted octanol–water partition coefficient (Wildman–Crippen LogP) is -0.0183. The van der Waals surface area contributed by atoms with Gasteiger partial charge in [0.25, 0.3) is 0 Å². The smallest absolute Gasteiger partial charge is 0.326 e. The quantitative estimate of drug-likeness (QED) is 0.232. The standard InChI is InChI=1S/C21H40N4O6/c1-8-11(5)14(22)18(27)25-17(13(7)26)20(29)24-16(12(6)9-2)19(28)23-15(10(3)4)21(30)31/h10-17,26H,8-9,22H2,1-7H3,(H,23,28)(H,24,29)(H,25,27)(H,30,31). The lowest BCUT2D eigenvalue weighted by atomic mass is 9.96. The van der Waals surface area contributed by atoms with Gasteiger partial charge in [-0.05, 0) is 24.7 Å². The molecule has 31 heavy (non-hydrogen) atoms. The molecule has 0 aliphatic heterocycles. The van der Waals surface area contributed by atoms with Crippen molar-refractivity contribution in [3.8, 4) is 0 Å². The van der Waals surface area contributed by atoms with Crippen LogP contribution in [-0.2, 0) is 19.2 Å². The monoisotopic (exact) mass is 444 g/mol. The van der Waals surface area contributed by atoms with Gasteiger partial charge in [0.1, 0.15) is 18.1 Å². The van der Waals surface area contributed by atoms with E-state index in [0.717, 1.165) is 0 Å². The number of carbonyl (C=O) groups excluding carboxylic acids is 3. The van der Waals surface area contributed by atoms with E-state index in [1.54, 1.807) is 27.7 Å². The molecule has 180 valence electrons. The lowest BCUT2D eigenvalue weighted by Gasteiger charge is -2.30. The molecule has 0 radical (unpaired) electrons. The van der Waals surface area contributed by atoms with Crippen LogP contribution in [0.25, 0.3) is 0 Å². The van der Waals surface area contributed by atoms with Gasteiger partial charge < -0.3 is 31.9 Å². The van der Waals surface area contributed by atoms with Crippen molar-refractivity contribution in [1.29, 1.82) is 0 Å². The molecule has 0 aliphatic carbocycles. The predicted molar refractivity (Wildman–Crippen MR) is 117 cm³/mol. The van der Waals surface area contributed by atoms with Crippen molar-refractivity contribution in [3.05, 3.63) is 0 Å². The number of carboxylic acids is 1. The van der Waals surface area contributed by atoms with Crippen molar-refractivity contribution in [2.75, 3.05) is 0 Å². The summed E-state index contributed by atoms with van der Waals surface area (Å²) in [6.45, 7) is 11.9. The Balaban J connectivity index is 5.52. The Hall–Kier alpha value is -2.20. The Morgan fingerprint density at radius 3 is 1.55 bits per heavy atom. The molecular formula is C21H40N4O6. The largest absolute Gasteiger partial charge is 0.480 e. The molecule has 10 nitrogen and oxygen atoms in total. The van der Waals surface area contributed by atoms with E-state index in [0.29, 0.717) is 12.8 Å². The lowest BCUT2D eigenvalue weighted by Crippen LogP contribution is -2.61. The molecular weight excluding hydrogens is 404 g/mol. The molecule has 0 saturated heterocycles.